The van der Waals surface area contributed by atoms with Crippen molar-refractivity contribution in [1.29, 1.82) is 0 Å². The van der Waals surface area contributed by atoms with Gasteiger partial charge in [0.05, 0.1) is 11.2 Å². The molecule has 116 valence electrons. The zero-order chi connectivity index (χ0) is 16.3. The molecule has 4 nitrogen and oxygen atoms in total. The van der Waals surface area contributed by atoms with Gasteiger partial charge in [-0.2, -0.15) is 0 Å². The molecule has 0 aliphatic carbocycles. The van der Waals surface area contributed by atoms with Crippen LogP contribution in [0.3, 0.4) is 0 Å². The molecular weight excluding hydrogens is 268 g/mol. The van der Waals surface area contributed by atoms with Gasteiger partial charge in [-0.1, -0.05) is 32.9 Å². The first-order chi connectivity index (χ1) is 9.50. The minimum absolute atomic E-state index is 0.0403. The van der Waals surface area contributed by atoms with E-state index in [9.17, 15) is 9.59 Å². The van der Waals surface area contributed by atoms with E-state index in [0.717, 1.165) is 0 Å². The van der Waals surface area contributed by atoms with Gasteiger partial charge in [-0.3, -0.25) is 4.79 Å². The summed E-state index contributed by atoms with van der Waals surface area (Å²) in [5, 5.41) is 0. The number of Topliss-reactive ketones (excluding diaryl/α,β-unsaturated/α-hetero) is 1. The van der Waals surface area contributed by atoms with Crippen LogP contribution >= 0.6 is 0 Å². The van der Waals surface area contributed by atoms with Crippen molar-refractivity contribution in [2.24, 2.45) is 5.41 Å². The van der Waals surface area contributed by atoms with Crippen molar-refractivity contribution >= 4 is 11.8 Å². The van der Waals surface area contributed by atoms with Crippen molar-refractivity contribution in [2.75, 3.05) is 6.79 Å². The van der Waals surface area contributed by atoms with E-state index in [1.807, 2.05) is 41.5 Å². The van der Waals surface area contributed by atoms with Crippen LogP contribution < -0.4 is 0 Å². The van der Waals surface area contributed by atoms with Gasteiger partial charge < -0.3 is 9.47 Å². The van der Waals surface area contributed by atoms with E-state index in [0.29, 0.717) is 11.1 Å². The Bertz CT molecular complexity index is 501. The molecule has 0 atom stereocenters. The summed E-state index contributed by atoms with van der Waals surface area (Å²) in [4.78, 5) is 23.9. The minimum Gasteiger partial charge on any atom is -0.435 e. The van der Waals surface area contributed by atoms with Gasteiger partial charge in [0.15, 0.2) is 12.6 Å². The quantitative estimate of drug-likeness (QED) is 0.480. The van der Waals surface area contributed by atoms with Gasteiger partial charge in [0.25, 0.3) is 0 Å². The first-order valence-corrected chi connectivity index (χ1v) is 6.97. The smallest absolute Gasteiger partial charge is 0.340 e. The Hall–Kier alpha value is -1.68. The third-order valence-electron chi connectivity index (χ3n) is 2.75. The molecule has 21 heavy (non-hydrogen) atoms. The summed E-state index contributed by atoms with van der Waals surface area (Å²) in [6.45, 7) is 11.1. The number of carbonyl (C=O) groups is 2. The molecule has 0 heterocycles. The van der Waals surface area contributed by atoms with E-state index in [1.165, 1.54) is 0 Å². The molecule has 0 amide bonds. The Morgan fingerprint density at radius 1 is 0.905 bits per heavy atom. The highest BCUT2D eigenvalue weighted by atomic mass is 16.7. The van der Waals surface area contributed by atoms with Crippen molar-refractivity contribution in [3.05, 3.63) is 35.4 Å². The van der Waals surface area contributed by atoms with E-state index < -0.39 is 11.4 Å². The topological polar surface area (TPSA) is 52.6 Å². The summed E-state index contributed by atoms with van der Waals surface area (Å²) >= 11 is 0. The first-order valence-electron chi connectivity index (χ1n) is 6.97. The number of hydrogen-bond acceptors (Lipinski definition) is 4. The Morgan fingerprint density at radius 3 is 1.81 bits per heavy atom. The highest BCUT2D eigenvalue weighted by molar-refractivity contribution is 6.00. The van der Waals surface area contributed by atoms with Gasteiger partial charge in [-0.05, 0) is 32.9 Å². The number of esters is 1. The largest absolute Gasteiger partial charge is 0.435 e. The van der Waals surface area contributed by atoms with E-state index in [2.05, 4.69) is 0 Å². The molecule has 0 bridgehead atoms. The van der Waals surface area contributed by atoms with Gasteiger partial charge in [0, 0.05) is 11.0 Å². The standard InChI is InChI=1S/C17H24O4/c1-16(2,3)14(18)12-7-9-13(10-8-12)15(19)20-11-21-17(4,5)6/h7-10H,11H2,1-6H3. The second kappa shape index (κ2) is 6.39. The van der Waals surface area contributed by atoms with Gasteiger partial charge in [0.2, 0.25) is 0 Å². The lowest BCUT2D eigenvalue weighted by atomic mass is 9.86. The van der Waals surface area contributed by atoms with Gasteiger partial charge in [-0.25, -0.2) is 4.79 Å². The fourth-order valence-electron chi connectivity index (χ4n) is 1.53. The van der Waals surface area contributed by atoms with Crippen molar-refractivity contribution in [1.82, 2.24) is 0 Å². The molecule has 0 aliphatic heterocycles. The average Bonchev–Trinajstić information content (AvgIpc) is 2.35. The lowest BCUT2D eigenvalue weighted by molar-refractivity contribution is -0.0965. The predicted octanol–water partition coefficient (Wildman–Crippen LogP) is 3.84. The number of hydrogen-bond donors (Lipinski definition) is 0. The first kappa shape index (κ1) is 17.4. The highest BCUT2D eigenvalue weighted by Crippen LogP contribution is 2.21. The maximum absolute atomic E-state index is 12.1. The molecule has 1 aromatic rings. The third-order valence-corrected chi connectivity index (χ3v) is 2.75. The van der Waals surface area contributed by atoms with E-state index >= 15 is 0 Å². The molecule has 0 saturated carbocycles. The molecule has 0 unspecified atom stereocenters. The van der Waals surface area contributed by atoms with Crippen molar-refractivity contribution < 1.29 is 19.1 Å². The van der Waals surface area contributed by atoms with E-state index in [-0.39, 0.29) is 18.2 Å². The van der Waals surface area contributed by atoms with Gasteiger partial charge in [-0.15, -0.1) is 0 Å². The lowest BCUT2D eigenvalue weighted by Gasteiger charge is -2.19. The molecule has 0 aromatic heterocycles. The molecular formula is C17H24O4. The second-order valence-electron chi connectivity index (χ2n) is 6.96. The molecule has 1 aromatic carbocycles. The van der Waals surface area contributed by atoms with Crippen molar-refractivity contribution in [2.45, 2.75) is 47.1 Å². The fraction of sp³-hybridized carbons (Fsp3) is 0.529. The minimum atomic E-state index is -0.464. The maximum atomic E-state index is 12.1. The predicted molar refractivity (Wildman–Crippen MR) is 81.3 cm³/mol. The Labute approximate surface area is 126 Å². The van der Waals surface area contributed by atoms with Crippen LogP contribution in [0, 0.1) is 5.41 Å². The molecule has 1 rings (SSSR count). The molecule has 0 spiro atoms. The van der Waals surface area contributed by atoms with Gasteiger partial charge >= 0.3 is 5.97 Å². The van der Waals surface area contributed by atoms with Crippen LogP contribution in [0.4, 0.5) is 0 Å². The zero-order valence-electron chi connectivity index (χ0n) is 13.6. The normalized spacial score (nSPS) is 12.1. The second-order valence-corrected chi connectivity index (χ2v) is 6.96. The van der Waals surface area contributed by atoms with Gasteiger partial charge in [0.1, 0.15) is 0 Å². The number of carbonyl (C=O) groups excluding carboxylic acids is 2. The summed E-state index contributed by atoms with van der Waals surface area (Å²) in [7, 11) is 0. The molecule has 0 radical (unpaired) electrons. The zero-order valence-corrected chi connectivity index (χ0v) is 13.6. The maximum Gasteiger partial charge on any atom is 0.340 e. The molecule has 0 N–H and O–H groups in total. The summed E-state index contributed by atoms with van der Waals surface area (Å²) in [6.07, 6.45) is 0. The van der Waals surface area contributed by atoms with Crippen LogP contribution in [0.2, 0.25) is 0 Å². The number of ketones is 1. The highest BCUT2D eigenvalue weighted by Gasteiger charge is 2.23. The lowest BCUT2D eigenvalue weighted by Crippen LogP contribution is -2.22. The molecule has 0 saturated heterocycles. The summed E-state index contributed by atoms with van der Waals surface area (Å²) in [5.74, 6) is -0.424. The third kappa shape index (κ3) is 5.68. The van der Waals surface area contributed by atoms with Crippen molar-refractivity contribution in [3.63, 3.8) is 0 Å². The van der Waals surface area contributed by atoms with Crippen LogP contribution in [0.25, 0.3) is 0 Å². The monoisotopic (exact) mass is 292 g/mol. The number of ether oxygens (including phenoxy) is 2. The summed E-state index contributed by atoms with van der Waals surface area (Å²) in [6, 6.07) is 6.49. The average molecular weight is 292 g/mol. The van der Waals surface area contributed by atoms with Crippen LogP contribution in [0.5, 0.6) is 0 Å². The van der Waals surface area contributed by atoms with Crippen molar-refractivity contribution in [3.8, 4) is 0 Å². The molecule has 0 fully saturated rings. The Balaban J connectivity index is 2.66. The van der Waals surface area contributed by atoms with Crippen LogP contribution in [0.15, 0.2) is 24.3 Å². The van der Waals surface area contributed by atoms with Crippen LogP contribution in [-0.2, 0) is 9.47 Å². The van der Waals surface area contributed by atoms with E-state index in [1.54, 1.807) is 24.3 Å². The van der Waals surface area contributed by atoms with Crippen LogP contribution in [-0.4, -0.2) is 24.1 Å². The summed E-state index contributed by atoms with van der Waals surface area (Å²) < 4.78 is 10.4. The Kier molecular flexibility index (Phi) is 5.29. The fourth-order valence-corrected chi connectivity index (χ4v) is 1.53. The molecule has 0 aliphatic rings. The Morgan fingerprint density at radius 2 is 1.38 bits per heavy atom. The number of benzene rings is 1. The SMILES string of the molecule is CC(C)(C)OCOC(=O)c1ccc(C(=O)C(C)(C)C)cc1. The van der Waals surface area contributed by atoms with E-state index in [4.69, 9.17) is 9.47 Å². The number of rotatable bonds is 4. The molecule has 4 heteroatoms. The van der Waals surface area contributed by atoms with Crippen LogP contribution in [0.1, 0.15) is 62.3 Å². The summed E-state index contributed by atoms with van der Waals surface area (Å²) in [5.41, 5.74) is 0.189.